The fourth-order valence-corrected chi connectivity index (χ4v) is 5.86. The third-order valence-corrected chi connectivity index (χ3v) is 7.13. The average molecular weight is 430 g/mol. The Balaban J connectivity index is 1.55. The summed E-state index contributed by atoms with van der Waals surface area (Å²) in [7, 11) is -4.05. The van der Waals surface area contributed by atoms with E-state index in [9.17, 15) is 26.4 Å². The van der Waals surface area contributed by atoms with E-state index in [-0.39, 0.29) is 30.4 Å². The molecule has 2 atom stereocenters. The zero-order valence-corrected chi connectivity index (χ0v) is 15.9. The maximum atomic E-state index is 13.1. The number of hydrogen-bond donors (Lipinski definition) is 0. The highest BCUT2D eigenvalue weighted by molar-refractivity contribution is 7.89. The molecule has 0 aliphatic carbocycles. The quantitative estimate of drug-likeness (QED) is 0.733. The van der Waals surface area contributed by atoms with E-state index in [1.165, 1.54) is 22.6 Å². The monoisotopic (exact) mass is 430 g/mol. The molecule has 0 saturated carbocycles. The van der Waals surface area contributed by atoms with Gasteiger partial charge in [-0.05, 0) is 25.0 Å². The lowest BCUT2D eigenvalue weighted by Crippen LogP contribution is -2.57. The molecule has 1 amide bonds. The van der Waals surface area contributed by atoms with Crippen LogP contribution in [0.2, 0.25) is 0 Å². The molecule has 2 fully saturated rings. The fraction of sp³-hybridized carbons (Fsp3) is 0.471. The van der Waals surface area contributed by atoms with Crippen LogP contribution in [0.15, 0.2) is 51.2 Å². The number of likely N-dealkylation sites (tertiary alicyclic amines) is 1. The number of alkyl halides is 3. The van der Waals surface area contributed by atoms with Crippen LogP contribution in [0, 0.1) is 0 Å². The predicted molar refractivity (Wildman–Crippen MR) is 93.3 cm³/mol. The maximum Gasteiger partial charge on any atom is 0.573 e. The molecule has 3 aliphatic rings. The molecule has 3 heterocycles. The summed E-state index contributed by atoms with van der Waals surface area (Å²) in [6, 6.07) is 3.48. The van der Waals surface area contributed by atoms with Crippen molar-refractivity contribution in [3.8, 4) is 5.75 Å². The highest BCUT2D eigenvalue weighted by Crippen LogP contribution is 2.37. The standard InChI is InChI=1S/C17H17F3N4O4S/c18-17(19,20)28-14-2-1-3-15(6-14)29(26,27)24-12-4-5-13(24)10-23(9-12)16(25)11-7-21-22-8-11/h1-3,6-7,12-13H,4-5,8-10H2. The van der Waals surface area contributed by atoms with Crippen molar-refractivity contribution in [2.45, 2.75) is 36.2 Å². The van der Waals surface area contributed by atoms with E-state index in [2.05, 4.69) is 15.0 Å². The lowest BCUT2D eigenvalue weighted by atomic mass is 10.2. The molecule has 1 aromatic rings. The van der Waals surface area contributed by atoms with Gasteiger partial charge in [0.05, 0.1) is 23.2 Å². The molecule has 12 heteroatoms. The van der Waals surface area contributed by atoms with Crippen molar-refractivity contribution in [1.29, 1.82) is 0 Å². The molecule has 156 valence electrons. The molecule has 29 heavy (non-hydrogen) atoms. The zero-order valence-electron chi connectivity index (χ0n) is 15.0. The number of piperazine rings is 1. The van der Waals surface area contributed by atoms with Crippen molar-refractivity contribution >= 4 is 15.9 Å². The maximum absolute atomic E-state index is 13.1. The van der Waals surface area contributed by atoms with Gasteiger partial charge in [-0.1, -0.05) is 6.07 Å². The minimum atomic E-state index is -4.92. The summed E-state index contributed by atoms with van der Waals surface area (Å²) in [6.07, 6.45) is -2.37. The zero-order chi connectivity index (χ0) is 20.8. The molecule has 0 aromatic heterocycles. The Morgan fingerprint density at radius 3 is 2.45 bits per heavy atom. The van der Waals surface area contributed by atoms with Gasteiger partial charge in [-0.3, -0.25) is 4.79 Å². The number of benzene rings is 1. The summed E-state index contributed by atoms with van der Waals surface area (Å²) < 4.78 is 68.8. The van der Waals surface area contributed by atoms with Gasteiger partial charge in [-0.2, -0.15) is 14.5 Å². The molecule has 8 nitrogen and oxygen atoms in total. The van der Waals surface area contributed by atoms with Crippen LogP contribution < -0.4 is 4.74 Å². The molecule has 0 N–H and O–H groups in total. The Morgan fingerprint density at radius 2 is 1.86 bits per heavy atom. The summed E-state index contributed by atoms with van der Waals surface area (Å²) in [6.45, 7) is 0.633. The van der Waals surface area contributed by atoms with Gasteiger partial charge in [-0.25, -0.2) is 8.42 Å². The first-order valence-corrected chi connectivity index (χ1v) is 10.3. The third-order valence-electron chi connectivity index (χ3n) is 5.13. The lowest BCUT2D eigenvalue weighted by molar-refractivity contribution is -0.274. The van der Waals surface area contributed by atoms with Crippen LogP contribution in [0.25, 0.3) is 0 Å². The van der Waals surface area contributed by atoms with Crippen LogP contribution in [0.3, 0.4) is 0 Å². The van der Waals surface area contributed by atoms with Crippen molar-refractivity contribution in [2.24, 2.45) is 10.2 Å². The Kier molecular flexibility index (Phi) is 4.85. The number of hydrogen-bond acceptors (Lipinski definition) is 6. The first-order chi connectivity index (χ1) is 13.6. The molecule has 0 spiro atoms. The van der Waals surface area contributed by atoms with Crippen LogP contribution in [-0.2, 0) is 14.8 Å². The number of amides is 1. The number of carbonyl (C=O) groups is 1. The molecule has 2 saturated heterocycles. The van der Waals surface area contributed by atoms with Crippen molar-refractivity contribution < 1.29 is 31.1 Å². The Labute approximate surface area is 164 Å². The second-order valence-corrected chi connectivity index (χ2v) is 8.87. The van der Waals surface area contributed by atoms with Crippen molar-refractivity contribution in [3.63, 3.8) is 0 Å². The van der Waals surface area contributed by atoms with E-state index in [1.54, 1.807) is 4.90 Å². The van der Waals surface area contributed by atoms with Gasteiger partial charge in [-0.15, -0.1) is 13.2 Å². The molecule has 2 unspecified atom stereocenters. The predicted octanol–water partition coefficient (Wildman–Crippen LogP) is 2.30. The molecule has 4 rings (SSSR count). The Morgan fingerprint density at radius 1 is 1.17 bits per heavy atom. The van der Waals surface area contributed by atoms with E-state index in [4.69, 9.17) is 0 Å². The van der Waals surface area contributed by atoms with Crippen LogP contribution in [0.4, 0.5) is 13.2 Å². The van der Waals surface area contributed by atoms with Gasteiger partial charge in [0, 0.05) is 31.2 Å². The van der Waals surface area contributed by atoms with Crippen molar-refractivity contribution in [1.82, 2.24) is 9.21 Å². The fourth-order valence-electron chi connectivity index (χ4n) is 3.97. The van der Waals surface area contributed by atoms with Crippen LogP contribution in [0.1, 0.15) is 12.8 Å². The van der Waals surface area contributed by atoms with E-state index in [1.807, 2.05) is 0 Å². The SMILES string of the molecule is O=C(C1=CN=NC1)N1CC2CCC(C1)N2S(=O)(=O)c1cccc(OC(F)(F)F)c1. The highest BCUT2D eigenvalue weighted by Gasteiger charge is 2.48. The van der Waals surface area contributed by atoms with Gasteiger partial charge in [0.15, 0.2) is 0 Å². The smallest absolute Gasteiger partial charge is 0.406 e. The second kappa shape index (κ2) is 7.10. The number of rotatable bonds is 4. The average Bonchev–Trinajstić information content (AvgIpc) is 3.27. The first kappa shape index (κ1) is 19.8. The second-order valence-electron chi connectivity index (χ2n) is 7.02. The molecule has 3 aliphatic heterocycles. The number of nitrogens with zero attached hydrogens (tertiary/aromatic N) is 4. The lowest BCUT2D eigenvalue weighted by Gasteiger charge is -2.40. The van der Waals surface area contributed by atoms with Crippen LogP contribution in [0.5, 0.6) is 5.75 Å². The molecule has 0 radical (unpaired) electrons. The van der Waals surface area contributed by atoms with Crippen LogP contribution in [-0.4, -0.2) is 61.6 Å². The number of halogens is 3. The molecule has 1 aromatic carbocycles. The van der Waals surface area contributed by atoms with E-state index >= 15 is 0 Å². The van der Waals surface area contributed by atoms with Gasteiger partial charge < -0.3 is 9.64 Å². The van der Waals surface area contributed by atoms with E-state index in [0.29, 0.717) is 18.4 Å². The van der Waals surface area contributed by atoms with Gasteiger partial charge in [0.25, 0.3) is 5.91 Å². The molecule has 2 bridgehead atoms. The topological polar surface area (TPSA) is 91.6 Å². The number of fused-ring (bicyclic) bond motifs is 2. The largest absolute Gasteiger partial charge is 0.573 e. The van der Waals surface area contributed by atoms with Crippen molar-refractivity contribution in [3.05, 3.63) is 36.0 Å². The first-order valence-electron chi connectivity index (χ1n) is 8.89. The minimum absolute atomic E-state index is 0.207. The molecular formula is C17H17F3N4O4S. The van der Waals surface area contributed by atoms with Gasteiger partial charge >= 0.3 is 6.36 Å². The summed E-state index contributed by atoms with van der Waals surface area (Å²) in [5.74, 6) is -0.815. The van der Waals surface area contributed by atoms with E-state index in [0.717, 1.165) is 12.1 Å². The molecular weight excluding hydrogens is 413 g/mol. The number of carbonyl (C=O) groups excluding carboxylic acids is 1. The number of sulfonamides is 1. The summed E-state index contributed by atoms with van der Waals surface area (Å²) >= 11 is 0. The van der Waals surface area contributed by atoms with Gasteiger partial charge in [0.2, 0.25) is 10.0 Å². The highest BCUT2D eigenvalue weighted by atomic mass is 32.2. The third kappa shape index (κ3) is 3.86. The number of ether oxygens (including phenoxy) is 1. The van der Waals surface area contributed by atoms with E-state index < -0.39 is 34.2 Å². The minimum Gasteiger partial charge on any atom is -0.406 e. The van der Waals surface area contributed by atoms with Gasteiger partial charge in [0.1, 0.15) is 5.75 Å². The van der Waals surface area contributed by atoms with Crippen molar-refractivity contribution in [2.75, 3.05) is 19.6 Å². The van der Waals surface area contributed by atoms with Crippen LogP contribution >= 0.6 is 0 Å². The summed E-state index contributed by atoms with van der Waals surface area (Å²) in [5.41, 5.74) is 0.456. The number of azo groups is 1. The summed E-state index contributed by atoms with van der Waals surface area (Å²) in [4.78, 5) is 13.9. The Bertz CT molecular complexity index is 979. The summed E-state index contributed by atoms with van der Waals surface area (Å²) in [5, 5.41) is 7.43. The normalized spacial score (nSPS) is 24.7. The Hall–Kier alpha value is -2.47.